The molecule has 0 radical (unpaired) electrons. The zero-order valence-electron chi connectivity index (χ0n) is 29.6. The largest absolute Gasteiger partial charge is 0.507 e. The zero-order chi connectivity index (χ0) is 35.2. The Kier molecular flexibility index (Phi) is 12.4. The fraction of sp³-hybridized carbons (Fsp3) is 0.526. The highest BCUT2D eigenvalue weighted by Crippen LogP contribution is 2.37. The molecule has 4 N–H and O–H groups in total. The van der Waals surface area contributed by atoms with E-state index in [9.17, 15) is 14.7 Å². The molecule has 9 heteroatoms. The molecule has 0 unspecified atom stereocenters. The van der Waals surface area contributed by atoms with Crippen LogP contribution in [0.15, 0.2) is 48.0 Å². The number of ether oxygens (including phenoxy) is 1. The van der Waals surface area contributed by atoms with Gasteiger partial charge in [-0.05, 0) is 79.9 Å². The van der Waals surface area contributed by atoms with Crippen molar-refractivity contribution in [3.8, 4) is 11.5 Å². The lowest BCUT2D eigenvalue weighted by molar-refractivity contribution is -0.143. The molecule has 2 aromatic rings. The molecule has 1 fully saturated rings. The number of nitrogens with zero attached hydrogens (tertiary/aromatic N) is 1. The lowest BCUT2D eigenvalue weighted by Crippen LogP contribution is -2.58. The summed E-state index contributed by atoms with van der Waals surface area (Å²) < 4.78 is 5.73. The molecule has 0 spiro atoms. The standard InChI is InChI=1S/C38H54N4O4S/c1-11-24-16-18-25(19-17-24)22-40-33(44)32(37(5,6)7)42-35(47)41-30-15-13-12-14-29(30)39-23-26-20-27(46-34(45)38(8,9)10)21-28(31(26)43)36(2,3)4/h11,16-21,23,29-30,32,43H,1,12-15,22H2,2-10H3,(H,40,44)(H2,41,42,47)/t29-,30-,32-/m0/s1. The molecule has 0 aliphatic heterocycles. The van der Waals surface area contributed by atoms with Gasteiger partial charge < -0.3 is 25.8 Å². The van der Waals surface area contributed by atoms with Gasteiger partial charge in [-0.15, -0.1) is 0 Å². The molecule has 3 atom stereocenters. The molecule has 1 aliphatic carbocycles. The Morgan fingerprint density at radius 3 is 2.26 bits per heavy atom. The first kappa shape index (κ1) is 37.7. The number of carbonyl (C=O) groups excluding carboxylic acids is 2. The van der Waals surface area contributed by atoms with Gasteiger partial charge in [0.25, 0.3) is 0 Å². The molecule has 2 aromatic carbocycles. The van der Waals surface area contributed by atoms with Gasteiger partial charge in [-0.2, -0.15) is 0 Å². The van der Waals surface area contributed by atoms with Crippen LogP contribution >= 0.6 is 12.2 Å². The summed E-state index contributed by atoms with van der Waals surface area (Å²) >= 11 is 5.75. The van der Waals surface area contributed by atoms with Crippen LogP contribution in [0.4, 0.5) is 0 Å². The van der Waals surface area contributed by atoms with Crippen LogP contribution in [-0.4, -0.2) is 46.4 Å². The summed E-state index contributed by atoms with van der Waals surface area (Å²) in [5.74, 6) is 0.000752. The topological polar surface area (TPSA) is 112 Å². The van der Waals surface area contributed by atoms with E-state index in [0.717, 1.165) is 36.8 Å². The summed E-state index contributed by atoms with van der Waals surface area (Å²) in [7, 11) is 0. The maximum absolute atomic E-state index is 13.4. The molecule has 1 saturated carbocycles. The molecule has 3 rings (SSSR count). The smallest absolute Gasteiger partial charge is 0.316 e. The minimum absolute atomic E-state index is 0.0572. The summed E-state index contributed by atoms with van der Waals surface area (Å²) in [6, 6.07) is 10.6. The number of carbonyl (C=O) groups is 2. The Balaban J connectivity index is 1.75. The van der Waals surface area contributed by atoms with Gasteiger partial charge in [-0.25, -0.2) is 0 Å². The molecule has 1 amide bonds. The van der Waals surface area contributed by atoms with E-state index in [1.54, 1.807) is 45.2 Å². The first-order chi connectivity index (χ1) is 21.8. The van der Waals surface area contributed by atoms with Crippen molar-refractivity contribution in [2.75, 3.05) is 0 Å². The Labute approximate surface area is 286 Å². The molecule has 0 bridgehead atoms. The minimum atomic E-state index is -0.675. The van der Waals surface area contributed by atoms with Gasteiger partial charge in [0.2, 0.25) is 5.91 Å². The quantitative estimate of drug-likeness (QED) is 0.0972. The van der Waals surface area contributed by atoms with Crippen LogP contribution < -0.4 is 20.7 Å². The van der Waals surface area contributed by atoms with E-state index in [4.69, 9.17) is 21.9 Å². The average Bonchev–Trinajstić information content (AvgIpc) is 2.98. The summed E-state index contributed by atoms with van der Waals surface area (Å²) in [6.45, 7) is 21.6. The van der Waals surface area contributed by atoms with E-state index in [1.165, 1.54) is 0 Å². The van der Waals surface area contributed by atoms with Gasteiger partial charge in [0.05, 0.1) is 17.5 Å². The summed E-state index contributed by atoms with van der Waals surface area (Å²) in [5, 5.41) is 21.4. The van der Waals surface area contributed by atoms with Crippen molar-refractivity contribution in [3.63, 3.8) is 0 Å². The second-order valence-electron chi connectivity index (χ2n) is 15.6. The highest BCUT2D eigenvalue weighted by molar-refractivity contribution is 7.80. The number of rotatable bonds is 9. The molecule has 8 nitrogen and oxygen atoms in total. The number of aliphatic imine (C=N–C) groups is 1. The molecule has 0 heterocycles. The van der Waals surface area contributed by atoms with Crippen molar-refractivity contribution in [2.24, 2.45) is 15.8 Å². The fourth-order valence-electron chi connectivity index (χ4n) is 5.33. The summed E-state index contributed by atoms with van der Waals surface area (Å²) in [6.07, 6.45) is 7.21. The number of thiocarbonyl (C=S) groups is 1. The highest BCUT2D eigenvalue weighted by Gasteiger charge is 2.33. The predicted molar refractivity (Wildman–Crippen MR) is 196 cm³/mol. The highest BCUT2D eigenvalue weighted by atomic mass is 32.1. The van der Waals surface area contributed by atoms with Gasteiger partial charge in [0.15, 0.2) is 5.11 Å². The van der Waals surface area contributed by atoms with Gasteiger partial charge in [0, 0.05) is 23.9 Å². The molecule has 256 valence electrons. The van der Waals surface area contributed by atoms with Gasteiger partial charge in [-0.1, -0.05) is 91.3 Å². The van der Waals surface area contributed by atoms with Crippen molar-refractivity contribution >= 4 is 41.5 Å². The van der Waals surface area contributed by atoms with Crippen LogP contribution in [0, 0.1) is 10.8 Å². The van der Waals surface area contributed by atoms with E-state index in [2.05, 4.69) is 22.5 Å². The van der Waals surface area contributed by atoms with Crippen molar-refractivity contribution in [1.29, 1.82) is 0 Å². The maximum atomic E-state index is 13.4. The molecule has 0 saturated heterocycles. The third-order valence-corrected chi connectivity index (χ3v) is 8.52. The minimum Gasteiger partial charge on any atom is -0.507 e. The van der Waals surface area contributed by atoms with Crippen LogP contribution in [0.25, 0.3) is 6.08 Å². The first-order valence-corrected chi connectivity index (χ1v) is 16.9. The van der Waals surface area contributed by atoms with Gasteiger partial charge in [0.1, 0.15) is 17.5 Å². The number of esters is 1. The second kappa shape index (κ2) is 15.5. The molecule has 1 aliphatic rings. The van der Waals surface area contributed by atoms with Crippen molar-refractivity contribution in [3.05, 3.63) is 65.2 Å². The Bertz CT molecular complexity index is 1460. The maximum Gasteiger partial charge on any atom is 0.316 e. The lowest BCUT2D eigenvalue weighted by Gasteiger charge is -2.34. The van der Waals surface area contributed by atoms with E-state index in [0.29, 0.717) is 28.5 Å². The summed E-state index contributed by atoms with van der Waals surface area (Å²) in [4.78, 5) is 31.0. The number of aromatic hydroxyl groups is 1. The fourth-order valence-corrected chi connectivity index (χ4v) is 5.60. The first-order valence-electron chi connectivity index (χ1n) is 16.5. The average molecular weight is 663 g/mol. The Morgan fingerprint density at radius 2 is 1.68 bits per heavy atom. The Morgan fingerprint density at radius 1 is 1.04 bits per heavy atom. The normalized spacial score (nSPS) is 17.9. The van der Waals surface area contributed by atoms with E-state index >= 15 is 0 Å². The van der Waals surface area contributed by atoms with Gasteiger partial charge >= 0.3 is 5.97 Å². The number of amides is 1. The SMILES string of the molecule is C=Cc1ccc(CNC(=O)[C@H](NC(=S)N[C@H]2CCCC[C@@H]2N=Cc2cc(OC(=O)C(C)(C)C)cc(C(C)(C)C)c2O)C(C)(C)C)cc1. The van der Waals surface area contributed by atoms with Crippen molar-refractivity contribution in [1.82, 2.24) is 16.0 Å². The van der Waals surface area contributed by atoms with E-state index in [1.807, 2.05) is 65.8 Å². The lowest BCUT2D eigenvalue weighted by atomic mass is 9.85. The van der Waals surface area contributed by atoms with Crippen LogP contribution in [0.5, 0.6) is 11.5 Å². The number of nitrogens with one attached hydrogen (secondary N) is 3. The predicted octanol–water partition coefficient (Wildman–Crippen LogP) is 7.21. The number of hydrogen-bond acceptors (Lipinski definition) is 6. The van der Waals surface area contributed by atoms with Crippen LogP contribution in [0.1, 0.15) is 110 Å². The monoisotopic (exact) mass is 662 g/mol. The van der Waals surface area contributed by atoms with E-state index < -0.39 is 22.3 Å². The number of phenolic OH excluding ortho intramolecular Hbond substituents is 1. The number of hydrogen-bond donors (Lipinski definition) is 4. The number of benzene rings is 2. The molecule has 47 heavy (non-hydrogen) atoms. The third kappa shape index (κ3) is 10.9. The van der Waals surface area contributed by atoms with E-state index in [-0.39, 0.29) is 29.7 Å². The molecule has 0 aromatic heterocycles. The van der Waals surface area contributed by atoms with Crippen LogP contribution in [0.2, 0.25) is 0 Å². The molecular formula is C38H54N4O4S. The Hall–Kier alpha value is -3.72. The summed E-state index contributed by atoms with van der Waals surface area (Å²) in [5.41, 5.74) is 1.71. The van der Waals surface area contributed by atoms with Crippen LogP contribution in [-0.2, 0) is 21.5 Å². The van der Waals surface area contributed by atoms with Crippen molar-refractivity contribution in [2.45, 2.75) is 118 Å². The van der Waals surface area contributed by atoms with Crippen molar-refractivity contribution < 1.29 is 19.4 Å². The third-order valence-electron chi connectivity index (χ3n) is 8.28. The zero-order valence-corrected chi connectivity index (χ0v) is 30.4. The second-order valence-corrected chi connectivity index (χ2v) is 16.0. The number of phenols is 1. The van der Waals surface area contributed by atoms with Gasteiger partial charge in [-0.3, -0.25) is 14.6 Å². The van der Waals surface area contributed by atoms with Crippen LogP contribution in [0.3, 0.4) is 0 Å². The molecular weight excluding hydrogens is 609 g/mol.